The lowest BCUT2D eigenvalue weighted by Crippen LogP contribution is -2.05. The highest BCUT2D eigenvalue weighted by atomic mass is 16.5. The Morgan fingerprint density at radius 3 is 3.00 bits per heavy atom. The first-order valence-corrected chi connectivity index (χ1v) is 2.70. The summed E-state index contributed by atoms with van der Waals surface area (Å²) in [5, 5.41) is 0. The summed E-state index contributed by atoms with van der Waals surface area (Å²) in [5.74, 6) is 0.331. The Bertz CT molecular complexity index is 177. The zero-order valence-corrected chi connectivity index (χ0v) is 5.18. The van der Waals surface area contributed by atoms with E-state index in [2.05, 4.69) is 6.08 Å². The van der Waals surface area contributed by atoms with Crippen molar-refractivity contribution in [2.45, 2.75) is 6.42 Å². The van der Waals surface area contributed by atoms with Gasteiger partial charge >= 0.3 is 0 Å². The van der Waals surface area contributed by atoms with Crippen LogP contribution in [0.3, 0.4) is 0 Å². The van der Waals surface area contributed by atoms with Crippen molar-refractivity contribution >= 4 is 5.78 Å². The zero-order valence-electron chi connectivity index (χ0n) is 5.18. The molecule has 2 nitrogen and oxygen atoms in total. The van der Waals surface area contributed by atoms with E-state index in [1.807, 2.05) is 0 Å². The van der Waals surface area contributed by atoms with Crippen LogP contribution in [0.5, 0.6) is 0 Å². The Hall–Kier alpha value is -1.05. The highest BCUT2D eigenvalue weighted by molar-refractivity contribution is 5.95. The van der Waals surface area contributed by atoms with Crippen LogP contribution in [0.1, 0.15) is 6.42 Å². The van der Waals surface area contributed by atoms with Gasteiger partial charge in [-0.25, -0.2) is 0 Å². The largest absolute Gasteiger partial charge is 0.492 e. The van der Waals surface area contributed by atoms with E-state index in [1.54, 1.807) is 12.2 Å². The summed E-state index contributed by atoms with van der Waals surface area (Å²) in [7, 11) is 1.47. The third kappa shape index (κ3) is 1.19. The van der Waals surface area contributed by atoms with Crippen molar-refractivity contribution in [2.75, 3.05) is 7.11 Å². The van der Waals surface area contributed by atoms with Crippen LogP contribution in [-0.4, -0.2) is 12.9 Å². The van der Waals surface area contributed by atoms with Gasteiger partial charge in [-0.2, -0.15) is 0 Å². The number of ketones is 1. The Labute approximate surface area is 53.8 Å². The highest BCUT2D eigenvalue weighted by Gasteiger charge is 2.09. The third-order valence-electron chi connectivity index (χ3n) is 1.09. The SMILES string of the molecule is COC1=[C]C=CCC1=O. The van der Waals surface area contributed by atoms with Gasteiger partial charge in [-0.3, -0.25) is 4.79 Å². The molecule has 47 valence electrons. The van der Waals surface area contributed by atoms with Crippen LogP contribution in [0.4, 0.5) is 0 Å². The summed E-state index contributed by atoms with van der Waals surface area (Å²) < 4.78 is 4.71. The van der Waals surface area contributed by atoms with Gasteiger partial charge in [-0.15, -0.1) is 0 Å². The number of methoxy groups -OCH3 is 1. The quantitative estimate of drug-likeness (QED) is 0.516. The number of carbonyl (C=O) groups is 1. The van der Waals surface area contributed by atoms with Crippen molar-refractivity contribution in [1.82, 2.24) is 0 Å². The molecule has 1 rings (SSSR count). The molecule has 1 radical (unpaired) electrons. The summed E-state index contributed by atoms with van der Waals surface area (Å²) in [6.07, 6.45) is 6.57. The van der Waals surface area contributed by atoms with Gasteiger partial charge in [0, 0.05) is 12.5 Å². The minimum atomic E-state index is 0.000000000000000222. The van der Waals surface area contributed by atoms with Gasteiger partial charge in [0.25, 0.3) is 0 Å². The smallest absolute Gasteiger partial charge is 0.201 e. The second kappa shape index (κ2) is 2.49. The molecule has 0 fully saturated rings. The van der Waals surface area contributed by atoms with E-state index >= 15 is 0 Å². The van der Waals surface area contributed by atoms with E-state index in [0.29, 0.717) is 12.2 Å². The normalized spacial score (nSPS) is 17.4. The number of Topliss-reactive ketones (excluding diaryl/α,β-unsaturated/α-hetero) is 1. The highest BCUT2D eigenvalue weighted by Crippen LogP contribution is 2.06. The predicted molar refractivity (Wildman–Crippen MR) is 32.5 cm³/mol. The molecular weight excluding hydrogens is 116 g/mol. The topological polar surface area (TPSA) is 26.3 Å². The van der Waals surface area contributed by atoms with E-state index in [4.69, 9.17) is 4.74 Å². The Morgan fingerprint density at radius 2 is 2.56 bits per heavy atom. The summed E-state index contributed by atoms with van der Waals surface area (Å²) in [6, 6.07) is 0. The number of carbonyl (C=O) groups excluding carboxylic acids is 1. The standard InChI is InChI=1S/C7H7O2/c1-9-7-5-3-2-4-6(7)8/h2-3H,4H2,1H3. The first-order chi connectivity index (χ1) is 4.34. The van der Waals surface area contributed by atoms with Crippen molar-refractivity contribution in [1.29, 1.82) is 0 Å². The van der Waals surface area contributed by atoms with Crippen molar-refractivity contribution in [3.05, 3.63) is 24.0 Å². The minimum Gasteiger partial charge on any atom is -0.492 e. The lowest BCUT2D eigenvalue weighted by Gasteiger charge is -2.03. The van der Waals surface area contributed by atoms with Crippen molar-refractivity contribution in [3.63, 3.8) is 0 Å². The number of hydrogen-bond donors (Lipinski definition) is 0. The first kappa shape index (κ1) is 6.08. The second-order valence-corrected chi connectivity index (χ2v) is 1.71. The first-order valence-electron chi connectivity index (χ1n) is 2.70. The Morgan fingerprint density at radius 1 is 1.78 bits per heavy atom. The fourth-order valence-corrected chi connectivity index (χ4v) is 0.647. The van der Waals surface area contributed by atoms with Gasteiger partial charge in [0.1, 0.15) is 0 Å². The molecular formula is C7H7O2. The number of rotatable bonds is 1. The van der Waals surface area contributed by atoms with Crippen LogP contribution < -0.4 is 0 Å². The third-order valence-corrected chi connectivity index (χ3v) is 1.09. The van der Waals surface area contributed by atoms with Gasteiger partial charge in [0.2, 0.25) is 5.78 Å². The summed E-state index contributed by atoms with van der Waals surface area (Å²) >= 11 is 0. The zero-order chi connectivity index (χ0) is 6.69. The van der Waals surface area contributed by atoms with Crippen LogP contribution >= 0.6 is 0 Å². The van der Waals surface area contributed by atoms with Crippen LogP contribution in [0.15, 0.2) is 17.9 Å². The van der Waals surface area contributed by atoms with Gasteiger partial charge in [0.05, 0.1) is 7.11 Å². The molecule has 0 aromatic rings. The van der Waals surface area contributed by atoms with Gasteiger partial charge in [-0.1, -0.05) is 12.2 Å². The molecule has 1 aliphatic rings. The lowest BCUT2D eigenvalue weighted by atomic mass is 10.1. The van der Waals surface area contributed by atoms with Crippen LogP contribution in [0.25, 0.3) is 0 Å². The van der Waals surface area contributed by atoms with E-state index in [9.17, 15) is 4.79 Å². The monoisotopic (exact) mass is 123 g/mol. The van der Waals surface area contributed by atoms with Crippen LogP contribution in [0, 0.1) is 6.08 Å². The van der Waals surface area contributed by atoms with Crippen molar-refractivity contribution in [3.8, 4) is 0 Å². The van der Waals surface area contributed by atoms with E-state index < -0.39 is 0 Å². The van der Waals surface area contributed by atoms with Gasteiger partial charge in [-0.05, 0) is 0 Å². The molecule has 0 atom stereocenters. The number of hydrogen-bond acceptors (Lipinski definition) is 2. The molecule has 1 aliphatic carbocycles. The molecule has 0 heterocycles. The van der Waals surface area contributed by atoms with Crippen LogP contribution in [0.2, 0.25) is 0 Å². The maximum absolute atomic E-state index is 10.7. The molecule has 0 aliphatic heterocycles. The van der Waals surface area contributed by atoms with Crippen molar-refractivity contribution in [2.24, 2.45) is 0 Å². The number of ether oxygens (including phenoxy) is 1. The molecule has 0 aromatic carbocycles. The molecule has 0 saturated carbocycles. The van der Waals surface area contributed by atoms with Gasteiger partial charge in [0.15, 0.2) is 5.76 Å². The summed E-state index contributed by atoms with van der Waals surface area (Å²) in [6.45, 7) is 0. The number of allylic oxidation sites excluding steroid dienone is 4. The van der Waals surface area contributed by atoms with E-state index in [0.717, 1.165) is 0 Å². The average Bonchev–Trinajstić information content (AvgIpc) is 1.89. The fraction of sp³-hybridized carbons (Fsp3) is 0.286. The van der Waals surface area contributed by atoms with E-state index in [1.165, 1.54) is 7.11 Å². The van der Waals surface area contributed by atoms with Crippen molar-refractivity contribution < 1.29 is 9.53 Å². The lowest BCUT2D eigenvalue weighted by molar-refractivity contribution is -0.117. The molecule has 9 heavy (non-hydrogen) atoms. The Kier molecular flexibility index (Phi) is 1.68. The molecule has 0 saturated heterocycles. The Balaban J connectivity index is 2.74. The molecule has 2 heteroatoms. The van der Waals surface area contributed by atoms with E-state index in [-0.39, 0.29) is 5.78 Å². The second-order valence-electron chi connectivity index (χ2n) is 1.71. The summed E-state index contributed by atoms with van der Waals surface area (Å²) in [4.78, 5) is 10.7. The molecule has 0 N–H and O–H groups in total. The average molecular weight is 123 g/mol. The predicted octanol–water partition coefficient (Wildman–Crippen LogP) is 0.849. The summed E-state index contributed by atoms with van der Waals surface area (Å²) in [5.41, 5.74) is 0. The fourth-order valence-electron chi connectivity index (χ4n) is 0.647. The van der Waals surface area contributed by atoms with Gasteiger partial charge < -0.3 is 4.74 Å². The molecule has 0 unspecified atom stereocenters. The maximum Gasteiger partial charge on any atom is 0.201 e. The van der Waals surface area contributed by atoms with Crippen LogP contribution in [-0.2, 0) is 9.53 Å². The maximum atomic E-state index is 10.7. The minimum absolute atomic E-state index is 0.000000000000000222. The molecule has 0 spiro atoms. The molecule has 0 aromatic heterocycles. The molecule has 0 amide bonds. The molecule has 0 bridgehead atoms.